The van der Waals surface area contributed by atoms with Crippen molar-refractivity contribution < 1.29 is 4.79 Å². The first-order valence-electron chi connectivity index (χ1n) is 10.1. The van der Waals surface area contributed by atoms with Gasteiger partial charge in [0, 0.05) is 32.2 Å². The van der Waals surface area contributed by atoms with Gasteiger partial charge < -0.3 is 10.2 Å². The highest BCUT2D eigenvalue weighted by atomic mass is 16.2. The molecule has 25 heavy (non-hydrogen) atoms. The molecule has 4 heteroatoms. The first kappa shape index (κ1) is 17.0. The van der Waals surface area contributed by atoms with Crippen molar-refractivity contribution in [3.05, 3.63) is 35.9 Å². The Morgan fingerprint density at radius 1 is 1.04 bits per heavy atom. The molecule has 0 radical (unpaired) electrons. The molecule has 4 rings (SSSR count). The summed E-state index contributed by atoms with van der Waals surface area (Å²) in [4.78, 5) is 17.7. The highest BCUT2D eigenvalue weighted by molar-refractivity contribution is 5.82. The van der Waals surface area contributed by atoms with Crippen LogP contribution in [-0.4, -0.2) is 60.5 Å². The number of hydrogen-bond donors (Lipinski definition) is 1. The molecule has 3 fully saturated rings. The lowest BCUT2D eigenvalue weighted by molar-refractivity contribution is -0.133. The zero-order valence-electron chi connectivity index (χ0n) is 15.2. The van der Waals surface area contributed by atoms with Crippen molar-refractivity contribution in [1.82, 2.24) is 15.1 Å². The number of carbonyl (C=O) groups excluding carboxylic acids is 1. The van der Waals surface area contributed by atoms with Crippen molar-refractivity contribution in [2.75, 3.05) is 32.7 Å². The third kappa shape index (κ3) is 4.06. The van der Waals surface area contributed by atoms with E-state index in [9.17, 15) is 4.79 Å². The normalized spacial score (nSPS) is 28.6. The molecule has 0 spiro atoms. The van der Waals surface area contributed by atoms with Gasteiger partial charge in [0.1, 0.15) is 0 Å². The summed E-state index contributed by atoms with van der Waals surface area (Å²) < 4.78 is 0. The van der Waals surface area contributed by atoms with Gasteiger partial charge in [0.2, 0.25) is 5.91 Å². The van der Waals surface area contributed by atoms with Gasteiger partial charge in [-0.3, -0.25) is 9.69 Å². The van der Waals surface area contributed by atoms with Crippen LogP contribution in [-0.2, 0) is 11.2 Å². The Balaban J connectivity index is 1.28. The molecule has 2 aliphatic heterocycles. The van der Waals surface area contributed by atoms with Crippen molar-refractivity contribution in [3.8, 4) is 0 Å². The van der Waals surface area contributed by atoms with E-state index in [-0.39, 0.29) is 6.04 Å². The Morgan fingerprint density at radius 2 is 1.88 bits per heavy atom. The molecule has 1 aromatic rings. The lowest BCUT2D eigenvalue weighted by atomic mass is 9.91. The largest absolute Gasteiger partial charge is 0.340 e. The lowest BCUT2D eigenvalue weighted by Gasteiger charge is -2.36. The number of nitrogens with zero attached hydrogens (tertiary/aromatic N) is 2. The number of benzene rings is 1. The molecule has 0 bridgehead atoms. The standard InChI is InChI=1S/C21H31N3O/c25-21(24-11-5-10-23(12-13-24)19-8-4-9-19)20-15-18(16-22-20)14-17-6-2-1-3-7-17/h1-3,6-7,18-20,22H,4-5,8-16H2. The third-order valence-corrected chi connectivity index (χ3v) is 6.32. The quantitative estimate of drug-likeness (QED) is 0.913. The minimum Gasteiger partial charge on any atom is -0.340 e. The number of rotatable bonds is 4. The van der Waals surface area contributed by atoms with Gasteiger partial charge >= 0.3 is 0 Å². The topological polar surface area (TPSA) is 35.6 Å². The van der Waals surface area contributed by atoms with Crippen molar-refractivity contribution in [3.63, 3.8) is 0 Å². The van der Waals surface area contributed by atoms with Crippen LogP contribution in [0.5, 0.6) is 0 Å². The Bertz CT molecular complexity index is 572. The highest BCUT2D eigenvalue weighted by Crippen LogP contribution is 2.26. The number of nitrogens with one attached hydrogen (secondary N) is 1. The van der Waals surface area contributed by atoms with Crippen LogP contribution in [0, 0.1) is 5.92 Å². The number of amides is 1. The van der Waals surface area contributed by atoms with Crippen LogP contribution < -0.4 is 5.32 Å². The molecule has 2 saturated heterocycles. The molecular formula is C21H31N3O. The van der Waals surface area contributed by atoms with Gasteiger partial charge in [0.25, 0.3) is 0 Å². The fourth-order valence-electron chi connectivity index (χ4n) is 4.60. The lowest BCUT2D eigenvalue weighted by Crippen LogP contribution is -2.46. The summed E-state index contributed by atoms with van der Waals surface area (Å²) in [5, 5.41) is 3.50. The van der Waals surface area contributed by atoms with E-state index >= 15 is 0 Å². The summed E-state index contributed by atoms with van der Waals surface area (Å²) in [7, 11) is 0. The van der Waals surface area contributed by atoms with Gasteiger partial charge in [-0.15, -0.1) is 0 Å². The van der Waals surface area contributed by atoms with Crippen LogP contribution in [0.4, 0.5) is 0 Å². The summed E-state index contributed by atoms with van der Waals surface area (Å²) >= 11 is 0. The Morgan fingerprint density at radius 3 is 2.64 bits per heavy atom. The van der Waals surface area contributed by atoms with E-state index < -0.39 is 0 Å². The van der Waals surface area contributed by atoms with Crippen molar-refractivity contribution in [2.45, 2.75) is 50.6 Å². The maximum Gasteiger partial charge on any atom is 0.239 e. The van der Waals surface area contributed by atoms with Crippen molar-refractivity contribution in [2.24, 2.45) is 5.92 Å². The average molecular weight is 341 g/mol. The Hall–Kier alpha value is -1.39. The molecule has 2 atom stereocenters. The maximum absolute atomic E-state index is 13.0. The first-order valence-corrected chi connectivity index (χ1v) is 10.1. The molecule has 3 aliphatic rings. The van der Waals surface area contributed by atoms with E-state index in [0.29, 0.717) is 11.8 Å². The average Bonchev–Trinajstić information content (AvgIpc) is 2.91. The maximum atomic E-state index is 13.0. The number of carbonyl (C=O) groups is 1. The minimum atomic E-state index is 0.0314. The molecule has 1 amide bonds. The fourth-order valence-corrected chi connectivity index (χ4v) is 4.60. The van der Waals surface area contributed by atoms with Gasteiger partial charge in [-0.25, -0.2) is 0 Å². The molecular weight excluding hydrogens is 310 g/mol. The minimum absolute atomic E-state index is 0.0314. The van der Waals surface area contributed by atoms with E-state index in [1.54, 1.807) is 0 Å². The van der Waals surface area contributed by atoms with Crippen LogP contribution in [0.15, 0.2) is 30.3 Å². The summed E-state index contributed by atoms with van der Waals surface area (Å²) in [6, 6.07) is 11.5. The molecule has 2 unspecified atom stereocenters. The van der Waals surface area contributed by atoms with Crippen LogP contribution in [0.2, 0.25) is 0 Å². The molecule has 1 saturated carbocycles. The summed E-state index contributed by atoms with van der Waals surface area (Å²) in [5.41, 5.74) is 1.38. The number of hydrogen-bond acceptors (Lipinski definition) is 3. The van der Waals surface area contributed by atoms with Gasteiger partial charge in [-0.1, -0.05) is 36.8 Å². The SMILES string of the molecule is O=C(C1CC(Cc2ccccc2)CN1)N1CCCN(C2CCC2)CC1. The van der Waals surface area contributed by atoms with Crippen molar-refractivity contribution >= 4 is 5.91 Å². The second-order valence-electron chi connectivity index (χ2n) is 8.05. The highest BCUT2D eigenvalue weighted by Gasteiger charge is 2.34. The molecule has 1 N–H and O–H groups in total. The molecule has 136 valence electrons. The van der Waals surface area contributed by atoms with Gasteiger partial charge in [0.15, 0.2) is 0 Å². The molecule has 4 nitrogen and oxygen atoms in total. The molecule has 1 aliphatic carbocycles. The zero-order chi connectivity index (χ0) is 17.1. The van der Waals surface area contributed by atoms with Gasteiger partial charge in [-0.2, -0.15) is 0 Å². The van der Waals surface area contributed by atoms with Crippen LogP contribution in [0.1, 0.15) is 37.7 Å². The molecule has 0 aromatic heterocycles. The smallest absolute Gasteiger partial charge is 0.239 e. The first-order chi connectivity index (χ1) is 12.3. The summed E-state index contributed by atoms with van der Waals surface area (Å²) in [5.74, 6) is 0.917. The van der Waals surface area contributed by atoms with Crippen LogP contribution in [0.25, 0.3) is 0 Å². The second kappa shape index (κ2) is 7.88. The zero-order valence-corrected chi connectivity index (χ0v) is 15.2. The van der Waals surface area contributed by atoms with E-state index in [2.05, 4.69) is 45.4 Å². The van der Waals surface area contributed by atoms with E-state index in [1.807, 2.05) is 0 Å². The Labute approximate surface area is 151 Å². The second-order valence-corrected chi connectivity index (χ2v) is 8.05. The summed E-state index contributed by atoms with van der Waals surface area (Å²) in [6.45, 7) is 5.05. The monoisotopic (exact) mass is 341 g/mol. The van der Waals surface area contributed by atoms with E-state index in [1.165, 1.54) is 31.4 Å². The Kier molecular flexibility index (Phi) is 5.37. The third-order valence-electron chi connectivity index (χ3n) is 6.32. The van der Waals surface area contributed by atoms with Crippen LogP contribution >= 0.6 is 0 Å². The predicted molar refractivity (Wildman–Crippen MR) is 100 cm³/mol. The summed E-state index contributed by atoms with van der Waals surface area (Å²) in [6.07, 6.45) is 7.29. The van der Waals surface area contributed by atoms with Crippen LogP contribution in [0.3, 0.4) is 0 Å². The molecule has 1 aromatic carbocycles. The van der Waals surface area contributed by atoms with Crippen molar-refractivity contribution in [1.29, 1.82) is 0 Å². The van der Waals surface area contributed by atoms with Gasteiger partial charge in [0.05, 0.1) is 6.04 Å². The van der Waals surface area contributed by atoms with E-state index in [4.69, 9.17) is 0 Å². The van der Waals surface area contributed by atoms with E-state index in [0.717, 1.165) is 51.5 Å². The fraction of sp³-hybridized carbons (Fsp3) is 0.667. The van der Waals surface area contributed by atoms with Gasteiger partial charge in [-0.05, 0) is 50.1 Å². The molecule has 2 heterocycles. The predicted octanol–water partition coefficient (Wildman–Crippen LogP) is 2.29.